The molecule has 0 saturated heterocycles. The van der Waals surface area contributed by atoms with E-state index in [0.717, 1.165) is 30.5 Å². The second-order valence-corrected chi connectivity index (χ2v) is 4.92. The van der Waals surface area contributed by atoms with Crippen LogP contribution in [0.2, 0.25) is 0 Å². The highest BCUT2D eigenvalue weighted by Crippen LogP contribution is 2.24. The molecule has 1 aliphatic rings. The molecule has 0 amide bonds. The zero-order valence-electron chi connectivity index (χ0n) is 10.7. The van der Waals surface area contributed by atoms with E-state index in [1.807, 2.05) is 31.2 Å². The Morgan fingerprint density at radius 3 is 2.53 bits per heavy atom. The molecule has 0 bridgehead atoms. The van der Waals surface area contributed by atoms with Crippen LogP contribution in [0.1, 0.15) is 31.4 Å². The van der Waals surface area contributed by atoms with E-state index in [4.69, 9.17) is 10.5 Å². The van der Waals surface area contributed by atoms with Crippen molar-refractivity contribution in [3.8, 4) is 5.75 Å². The second-order valence-electron chi connectivity index (χ2n) is 4.92. The van der Waals surface area contributed by atoms with Crippen LogP contribution < -0.4 is 10.5 Å². The molecule has 0 unspecified atom stereocenters. The maximum atomic E-state index is 5.80. The fourth-order valence-corrected chi connectivity index (χ4v) is 1.87. The molecular formula is C14H22N2O. The Labute approximate surface area is 104 Å². The Bertz CT molecular complexity index is 344. The zero-order valence-corrected chi connectivity index (χ0v) is 10.7. The molecule has 3 heteroatoms. The lowest BCUT2D eigenvalue weighted by atomic mass is 10.1. The van der Waals surface area contributed by atoms with Gasteiger partial charge in [0.25, 0.3) is 0 Å². The average Bonchev–Trinajstić information content (AvgIpc) is 3.13. The Hall–Kier alpha value is -1.06. The number of rotatable bonds is 6. The summed E-state index contributed by atoms with van der Waals surface area (Å²) in [5, 5.41) is 0. The quantitative estimate of drug-likeness (QED) is 0.820. The van der Waals surface area contributed by atoms with Crippen LogP contribution in [0.25, 0.3) is 0 Å². The van der Waals surface area contributed by atoms with Gasteiger partial charge in [0.05, 0.1) is 0 Å². The third kappa shape index (κ3) is 3.72. The van der Waals surface area contributed by atoms with Crippen molar-refractivity contribution in [3.05, 3.63) is 29.8 Å². The monoisotopic (exact) mass is 234 g/mol. The van der Waals surface area contributed by atoms with E-state index in [9.17, 15) is 0 Å². The van der Waals surface area contributed by atoms with Gasteiger partial charge in [0.2, 0.25) is 0 Å². The molecule has 3 nitrogen and oxygen atoms in total. The number of hydrogen-bond donors (Lipinski definition) is 1. The summed E-state index contributed by atoms with van der Waals surface area (Å²) < 4.78 is 5.71. The number of nitrogens with zero attached hydrogens (tertiary/aromatic N) is 1. The molecule has 1 fully saturated rings. The molecule has 1 atom stereocenters. The fraction of sp³-hybridized carbons (Fsp3) is 0.571. The smallest absolute Gasteiger partial charge is 0.119 e. The first-order chi connectivity index (χ1) is 8.16. The van der Waals surface area contributed by atoms with E-state index in [2.05, 4.69) is 11.9 Å². The van der Waals surface area contributed by atoms with Crippen molar-refractivity contribution in [1.82, 2.24) is 4.90 Å². The van der Waals surface area contributed by atoms with Crippen LogP contribution in [0.4, 0.5) is 0 Å². The van der Waals surface area contributed by atoms with E-state index in [0.29, 0.717) is 0 Å². The van der Waals surface area contributed by atoms with Crippen molar-refractivity contribution in [2.45, 2.75) is 31.8 Å². The van der Waals surface area contributed by atoms with Crippen molar-refractivity contribution < 1.29 is 4.74 Å². The van der Waals surface area contributed by atoms with Crippen LogP contribution in [0.15, 0.2) is 24.3 Å². The molecule has 0 aliphatic heterocycles. The summed E-state index contributed by atoms with van der Waals surface area (Å²) in [6.07, 6.45) is 2.69. The maximum Gasteiger partial charge on any atom is 0.119 e. The van der Waals surface area contributed by atoms with Crippen LogP contribution >= 0.6 is 0 Å². The first kappa shape index (κ1) is 12.4. The minimum atomic E-state index is 0.0880. The van der Waals surface area contributed by atoms with Gasteiger partial charge in [-0.15, -0.1) is 0 Å². The Balaban J connectivity index is 1.74. The van der Waals surface area contributed by atoms with E-state index in [1.54, 1.807) is 0 Å². The van der Waals surface area contributed by atoms with E-state index in [1.165, 1.54) is 12.8 Å². The van der Waals surface area contributed by atoms with Gasteiger partial charge in [0.1, 0.15) is 12.4 Å². The molecule has 1 aromatic rings. The van der Waals surface area contributed by atoms with Crippen LogP contribution in [0.5, 0.6) is 5.75 Å². The number of hydrogen-bond acceptors (Lipinski definition) is 3. The van der Waals surface area contributed by atoms with Crippen molar-refractivity contribution in [3.63, 3.8) is 0 Å². The lowest BCUT2D eigenvalue weighted by molar-refractivity contribution is 0.232. The molecule has 0 heterocycles. The first-order valence-corrected chi connectivity index (χ1v) is 6.35. The normalized spacial score (nSPS) is 17.2. The third-order valence-corrected chi connectivity index (χ3v) is 3.29. The average molecular weight is 234 g/mol. The number of benzene rings is 1. The maximum absolute atomic E-state index is 5.80. The third-order valence-electron chi connectivity index (χ3n) is 3.29. The molecule has 1 saturated carbocycles. The molecule has 0 radical (unpaired) electrons. The van der Waals surface area contributed by atoms with Gasteiger partial charge >= 0.3 is 0 Å². The van der Waals surface area contributed by atoms with Gasteiger partial charge in [0.15, 0.2) is 0 Å². The van der Waals surface area contributed by atoms with Gasteiger partial charge in [-0.3, -0.25) is 0 Å². The molecule has 0 spiro atoms. The largest absolute Gasteiger partial charge is 0.492 e. The lowest BCUT2D eigenvalue weighted by Gasteiger charge is -2.16. The molecule has 1 aromatic carbocycles. The predicted molar refractivity (Wildman–Crippen MR) is 70.2 cm³/mol. The SMILES string of the molecule is C[C@@H](N)c1ccc(OCCN(C)C2CC2)cc1. The summed E-state index contributed by atoms with van der Waals surface area (Å²) >= 11 is 0. The minimum Gasteiger partial charge on any atom is -0.492 e. The summed E-state index contributed by atoms with van der Waals surface area (Å²) in [7, 11) is 2.17. The van der Waals surface area contributed by atoms with Gasteiger partial charge in [-0.05, 0) is 44.5 Å². The van der Waals surface area contributed by atoms with Gasteiger partial charge in [0, 0.05) is 18.6 Å². The van der Waals surface area contributed by atoms with Crippen LogP contribution in [0.3, 0.4) is 0 Å². The van der Waals surface area contributed by atoms with E-state index >= 15 is 0 Å². The Morgan fingerprint density at radius 1 is 1.35 bits per heavy atom. The minimum absolute atomic E-state index is 0.0880. The molecular weight excluding hydrogens is 212 g/mol. The summed E-state index contributed by atoms with van der Waals surface area (Å²) in [6, 6.07) is 8.95. The molecule has 17 heavy (non-hydrogen) atoms. The molecule has 94 valence electrons. The van der Waals surface area contributed by atoms with E-state index in [-0.39, 0.29) is 6.04 Å². The summed E-state index contributed by atoms with van der Waals surface area (Å²) in [4.78, 5) is 2.37. The van der Waals surface area contributed by atoms with Crippen LogP contribution in [-0.4, -0.2) is 31.1 Å². The highest BCUT2D eigenvalue weighted by Gasteiger charge is 2.25. The van der Waals surface area contributed by atoms with Crippen LogP contribution in [-0.2, 0) is 0 Å². The Morgan fingerprint density at radius 2 is 2.00 bits per heavy atom. The number of likely N-dealkylation sites (N-methyl/N-ethyl adjacent to an activating group) is 1. The topological polar surface area (TPSA) is 38.5 Å². The molecule has 2 rings (SSSR count). The van der Waals surface area contributed by atoms with Crippen molar-refractivity contribution in [2.24, 2.45) is 5.73 Å². The number of nitrogens with two attached hydrogens (primary N) is 1. The van der Waals surface area contributed by atoms with Gasteiger partial charge < -0.3 is 15.4 Å². The highest BCUT2D eigenvalue weighted by atomic mass is 16.5. The van der Waals surface area contributed by atoms with Crippen LogP contribution in [0, 0.1) is 0 Å². The van der Waals surface area contributed by atoms with Gasteiger partial charge in [-0.2, -0.15) is 0 Å². The van der Waals surface area contributed by atoms with Gasteiger partial charge in [-0.1, -0.05) is 12.1 Å². The lowest BCUT2D eigenvalue weighted by Crippen LogP contribution is -2.26. The second kappa shape index (κ2) is 5.52. The highest BCUT2D eigenvalue weighted by molar-refractivity contribution is 5.28. The fourth-order valence-electron chi connectivity index (χ4n) is 1.87. The molecule has 2 N–H and O–H groups in total. The zero-order chi connectivity index (χ0) is 12.3. The summed E-state index contributed by atoms with van der Waals surface area (Å²) in [6.45, 7) is 3.74. The molecule has 1 aliphatic carbocycles. The summed E-state index contributed by atoms with van der Waals surface area (Å²) in [5.41, 5.74) is 6.94. The summed E-state index contributed by atoms with van der Waals surface area (Å²) in [5.74, 6) is 0.929. The van der Waals surface area contributed by atoms with E-state index < -0.39 is 0 Å². The standard InChI is InChI=1S/C14H22N2O/c1-11(15)12-3-7-14(8-4-12)17-10-9-16(2)13-5-6-13/h3-4,7-8,11,13H,5-6,9-10,15H2,1-2H3/t11-/m1/s1. The van der Waals surface area contributed by atoms with Crippen molar-refractivity contribution in [2.75, 3.05) is 20.2 Å². The van der Waals surface area contributed by atoms with Gasteiger partial charge in [-0.25, -0.2) is 0 Å². The Kier molecular flexibility index (Phi) is 4.02. The number of ether oxygens (including phenoxy) is 1. The van der Waals surface area contributed by atoms with Crippen molar-refractivity contribution >= 4 is 0 Å². The van der Waals surface area contributed by atoms with Crippen molar-refractivity contribution in [1.29, 1.82) is 0 Å². The molecule has 0 aromatic heterocycles. The first-order valence-electron chi connectivity index (χ1n) is 6.35. The predicted octanol–water partition coefficient (Wildman–Crippen LogP) is 2.18.